The molecular weight excluding hydrogens is 324 g/mol. The van der Waals surface area contributed by atoms with Crippen molar-refractivity contribution < 1.29 is 0 Å². The van der Waals surface area contributed by atoms with Gasteiger partial charge < -0.3 is 0 Å². The Morgan fingerprint density at radius 1 is 1.43 bits per heavy atom. The van der Waals surface area contributed by atoms with Gasteiger partial charge in [0.25, 0.3) is 0 Å². The van der Waals surface area contributed by atoms with Gasteiger partial charge in [0, 0.05) is 20.1 Å². The van der Waals surface area contributed by atoms with Crippen molar-refractivity contribution in [3.05, 3.63) is 20.8 Å². The predicted molar refractivity (Wildman–Crippen MR) is 72.5 cm³/mol. The standard InChI is InChI=1S/C11H16Br2S/c1-11(2,3)8(6-12)4-10-5-9(13)7-14-10/h5,7-8H,4,6H2,1-3H3. The van der Waals surface area contributed by atoms with Gasteiger partial charge >= 0.3 is 0 Å². The van der Waals surface area contributed by atoms with Crippen LogP contribution >= 0.6 is 43.2 Å². The summed E-state index contributed by atoms with van der Waals surface area (Å²) in [5.74, 6) is 0.702. The van der Waals surface area contributed by atoms with Crippen LogP contribution in [0.1, 0.15) is 25.6 Å². The highest BCUT2D eigenvalue weighted by Gasteiger charge is 2.24. The first-order chi connectivity index (χ1) is 6.43. The van der Waals surface area contributed by atoms with Crippen molar-refractivity contribution in [1.82, 2.24) is 0 Å². The van der Waals surface area contributed by atoms with E-state index in [9.17, 15) is 0 Å². The van der Waals surface area contributed by atoms with Gasteiger partial charge in [-0.15, -0.1) is 11.3 Å². The van der Waals surface area contributed by atoms with Crippen LogP contribution in [0, 0.1) is 11.3 Å². The molecule has 0 amide bonds. The molecule has 0 aliphatic carbocycles. The van der Waals surface area contributed by atoms with E-state index in [1.54, 1.807) is 0 Å². The summed E-state index contributed by atoms with van der Waals surface area (Å²) in [6.45, 7) is 6.92. The molecule has 0 aliphatic rings. The average Bonchev–Trinajstić information content (AvgIpc) is 2.45. The van der Waals surface area contributed by atoms with Crippen molar-refractivity contribution in [3.63, 3.8) is 0 Å². The van der Waals surface area contributed by atoms with Crippen LogP contribution in [-0.2, 0) is 6.42 Å². The molecule has 1 heterocycles. The maximum atomic E-state index is 3.61. The molecule has 3 heteroatoms. The summed E-state index contributed by atoms with van der Waals surface area (Å²) in [7, 11) is 0. The molecule has 0 bridgehead atoms. The number of hydrogen-bond acceptors (Lipinski definition) is 1. The van der Waals surface area contributed by atoms with Crippen LogP contribution in [0.3, 0.4) is 0 Å². The van der Waals surface area contributed by atoms with Crippen LogP contribution < -0.4 is 0 Å². The Hall–Kier alpha value is 0.660. The van der Waals surface area contributed by atoms with E-state index in [-0.39, 0.29) is 0 Å². The second-order valence-corrected chi connectivity index (χ2v) is 7.21. The fraction of sp³-hybridized carbons (Fsp3) is 0.636. The quantitative estimate of drug-likeness (QED) is 0.671. The number of rotatable bonds is 3. The molecule has 0 aromatic carbocycles. The molecule has 0 nitrogen and oxygen atoms in total. The Kier molecular flexibility index (Phi) is 4.66. The summed E-state index contributed by atoms with van der Waals surface area (Å²) in [5, 5.41) is 3.23. The van der Waals surface area contributed by atoms with Crippen molar-refractivity contribution in [3.8, 4) is 0 Å². The van der Waals surface area contributed by atoms with Crippen LogP contribution in [-0.4, -0.2) is 5.33 Å². The molecule has 0 N–H and O–H groups in total. The topological polar surface area (TPSA) is 0 Å². The molecule has 0 saturated carbocycles. The highest BCUT2D eigenvalue weighted by atomic mass is 79.9. The molecule has 0 radical (unpaired) electrons. The van der Waals surface area contributed by atoms with E-state index >= 15 is 0 Å². The number of thiophene rings is 1. The van der Waals surface area contributed by atoms with Crippen molar-refractivity contribution >= 4 is 43.2 Å². The van der Waals surface area contributed by atoms with E-state index in [4.69, 9.17) is 0 Å². The minimum absolute atomic E-state index is 0.375. The predicted octanol–water partition coefficient (Wildman–Crippen LogP) is 5.11. The van der Waals surface area contributed by atoms with Gasteiger partial charge in [-0.2, -0.15) is 0 Å². The molecule has 1 unspecified atom stereocenters. The Balaban J connectivity index is 2.66. The summed E-state index contributed by atoms with van der Waals surface area (Å²) < 4.78 is 1.21. The first-order valence-electron chi connectivity index (χ1n) is 4.72. The summed E-state index contributed by atoms with van der Waals surface area (Å²) in [5.41, 5.74) is 0.375. The Morgan fingerprint density at radius 3 is 2.43 bits per heavy atom. The summed E-state index contributed by atoms with van der Waals surface area (Å²) in [6.07, 6.45) is 1.17. The molecule has 14 heavy (non-hydrogen) atoms. The van der Waals surface area contributed by atoms with Gasteiger partial charge in [0.15, 0.2) is 0 Å². The van der Waals surface area contributed by atoms with Crippen molar-refractivity contribution in [1.29, 1.82) is 0 Å². The molecule has 1 aromatic heterocycles. The first kappa shape index (κ1) is 12.7. The minimum atomic E-state index is 0.375. The van der Waals surface area contributed by atoms with Gasteiger partial charge in [-0.3, -0.25) is 0 Å². The lowest BCUT2D eigenvalue weighted by atomic mass is 9.80. The SMILES string of the molecule is CC(C)(C)C(CBr)Cc1cc(Br)cs1. The normalized spacial score (nSPS) is 14.4. The van der Waals surface area contributed by atoms with Crippen molar-refractivity contribution in [2.45, 2.75) is 27.2 Å². The third kappa shape index (κ3) is 3.67. The van der Waals surface area contributed by atoms with Gasteiger partial charge in [-0.05, 0) is 39.8 Å². The van der Waals surface area contributed by atoms with Crippen LogP contribution in [0.25, 0.3) is 0 Å². The highest BCUT2D eigenvalue weighted by Crippen LogP contribution is 2.32. The highest BCUT2D eigenvalue weighted by molar-refractivity contribution is 9.10. The fourth-order valence-electron chi connectivity index (χ4n) is 1.30. The van der Waals surface area contributed by atoms with Crippen molar-refractivity contribution in [2.24, 2.45) is 11.3 Å². The van der Waals surface area contributed by atoms with E-state index in [0.717, 1.165) is 5.33 Å². The summed E-state index contributed by atoms with van der Waals surface area (Å²) >= 11 is 8.94. The molecule has 0 aliphatic heterocycles. The van der Waals surface area contributed by atoms with Crippen LogP contribution in [0.15, 0.2) is 15.9 Å². The van der Waals surface area contributed by atoms with Crippen LogP contribution in [0.2, 0.25) is 0 Å². The zero-order chi connectivity index (χ0) is 10.8. The molecule has 0 fully saturated rings. The van der Waals surface area contributed by atoms with Crippen LogP contribution in [0.5, 0.6) is 0 Å². The fourth-order valence-corrected chi connectivity index (χ4v) is 4.03. The lowest BCUT2D eigenvalue weighted by Gasteiger charge is -2.28. The second-order valence-electron chi connectivity index (χ2n) is 4.65. The zero-order valence-electron chi connectivity index (χ0n) is 8.81. The van der Waals surface area contributed by atoms with E-state index in [1.807, 2.05) is 11.3 Å². The first-order valence-corrected chi connectivity index (χ1v) is 7.51. The smallest absolute Gasteiger partial charge is 0.0285 e. The number of alkyl halides is 1. The minimum Gasteiger partial charge on any atom is -0.148 e. The summed E-state index contributed by atoms with van der Waals surface area (Å²) in [4.78, 5) is 1.47. The van der Waals surface area contributed by atoms with Gasteiger partial charge in [-0.1, -0.05) is 36.7 Å². The van der Waals surface area contributed by atoms with Gasteiger partial charge in [0.1, 0.15) is 0 Å². The van der Waals surface area contributed by atoms with Crippen LogP contribution in [0.4, 0.5) is 0 Å². The van der Waals surface area contributed by atoms with Gasteiger partial charge in [0.2, 0.25) is 0 Å². The molecule has 1 aromatic rings. The molecule has 1 atom stereocenters. The molecule has 0 saturated heterocycles. The largest absolute Gasteiger partial charge is 0.148 e. The zero-order valence-corrected chi connectivity index (χ0v) is 12.8. The van der Waals surface area contributed by atoms with Gasteiger partial charge in [0.05, 0.1) is 0 Å². The molecule has 1 rings (SSSR count). The lowest BCUT2D eigenvalue weighted by Crippen LogP contribution is -2.23. The molecular formula is C11H16Br2S. The molecule has 0 spiro atoms. The Morgan fingerprint density at radius 2 is 2.07 bits per heavy atom. The number of hydrogen-bond donors (Lipinski definition) is 0. The Labute approximate surface area is 107 Å². The van der Waals surface area contributed by atoms with E-state index in [1.165, 1.54) is 15.8 Å². The second kappa shape index (κ2) is 5.13. The maximum absolute atomic E-state index is 3.61. The third-order valence-corrected chi connectivity index (χ3v) is 4.98. The van der Waals surface area contributed by atoms with E-state index in [0.29, 0.717) is 11.3 Å². The van der Waals surface area contributed by atoms with Gasteiger partial charge in [-0.25, -0.2) is 0 Å². The third-order valence-electron chi connectivity index (χ3n) is 2.48. The Bertz CT molecular complexity index is 286. The lowest BCUT2D eigenvalue weighted by molar-refractivity contribution is 0.268. The summed E-state index contributed by atoms with van der Waals surface area (Å²) in [6, 6.07) is 2.23. The average molecular weight is 340 g/mol. The van der Waals surface area contributed by atoms with E-state index in [2.05, 4.69) is 64.1 Å². The van der Waals surface area contributed by atoms with Crippen molar-refractivity contribution in [2.75, 3.05) is 5.33 Å². The number of halogens is 2. The monoisotopic (exact) mass is 338 g/mol. The van der Waals surface area contributed by atoms with E-state index < -0.39 is 0 Å². The maximum Gasteiger partial charge on any atom is 0.0285 e. The molecule has 80 valence electrons.